The quantitative estimate of drug-likeness (QED) is 0.646. The first-order chi connectivity index (χ1) is 11.1. The van der Waals surface area contributed by atoms with Crippen molar-refractivity contribution in [2.24, 2.45) is 0 Å². The van der Waals surface area contributed by atoms with Gasteiger partial charge < -0.3 is 0 Å². The SMILES string of the molecule is Cc1c(F)cncc1-c1cc(P)c2c(c1)CCc1nnc(C)n1-2. The summed E-state index contributed by atoms with van der Waals surface area (Å²) in [5.74, 6) is 1.61. The Kier molecular flexibility index (Phi) is 3.27. The zero-order valence-electron chi connectivity index (χ0n) is 13.0. The Bertz CT molecular complexity index is 933. The fraction of sp³-hybridized carbons (Fsp3) is 0.235. The van der Waals surface area contributed by atoms with E-state index < -0.39 is 0 Å². The topological polar surface area (TPSA) is 43.6 Å². The second-order valence-electron chi connectivity index (χ2n) is 5.87. The number of aryl methyl sites for hydroxylation is 3. The molecule has 0 fully saturated rings. The molecule has 0 radical (unpaired) electrons. The molecule has 0 amide bonds. The number of nitrogens with zero attached hydrogens (tertiary/aromatic N) is 4. The molecule has 1 aliphatic heterocycles. The van der Waals surface area contributed by atoms with Gasteiger partial charge in [0.1, 0.15) is 17.5 Å². The van der Waals surface area contributed by atoms with E-state index in [0.29, 0.717) is 5.56 Å². The summed E-state index contributed by atoms with van der Waals surface area (Å²) in [6.45, 7) is 3.75. The van der Waals surface area contributed by atoms with Crippen LogP contribution in [-0.2, 0) is 12.8 Å². The molecule has 0 aliphatic carbocycles. The third-order valence-corrected chi connectivity index (χ3v) is 4.86. The number of pyridine rings is 1. The molecule has 23 heavy (non-hydrogen) atoms. The molecule has 0 bridgehead atoms. The van der Waals surface area contributed by atoms with E-state index >= 15 is 0 Å². The zero-order valence-corrected chi connectivity index (χ0v) is 14.1. The smallest absolute Gasteiger partial charge is 0.145 e. The number of hydrogen-bond acceptors (Lipinski definition) is 3. The molecule has 1 aliphatic rings. The molecule has 2 aromatic heterocycles. The van der Waals surface area contributed by atoms with Gasteiger partial charge in [-0.3, -0.25) is 9.55 Å². The maximum Gasteiger partial charge on any atom is 0.145 e. The van der Waals surface area contributed by atoms with Crippen molar-refractivity contribution in [3.05, 3.63) is 53.1 Å². The summed E-state index contributed by atoms with van der Waals surface area (Å²) in [5, 5.41) is 9.50. The van der Waals surface area contributed by atoms with Crippen LogP contribution >= 0.6 is 9.24 Å². The Labute approximate surface area is 136 Å². The first-order valence-corrected chi connectivity index (χ1v) is 8.08. The van der Waals surface area contributed by atoms with Gasteiger partial charge in [-0.2, -0.15) is 0 Å². The third kappa shape index (κ3) is 2.19. The number of aromatic nitrogens is 4. The Morgan fingerprint density at radius 1 is 1.13 bits per heavy atom. The van der Waals surface area contributed by atoms with Crippen LogP contribution in [0.5, 0.6) is 0 Å². The molecule has 1 atom stereocenters. The molecular weight excluding hydrogens is 310 g/mol. The highest BCUT2D eigenvalue weighted by atomic mass is 31.0. The lowest BCUT2D eigenvalue weighted by atomic mass is 9.95. The molecular formula is C17H16FN4P. The van der Waals surface area contributed by atoms with Gasteiger partial charge in [0.2, 0.25) is 0 Å². The van der Waals surface area contributed by atoms with Crippen LogP contribution in [0.3, 0.4) is 0 Å². The van der Waals surface area contributed by atoms with Crippen LogP contribution in [-0.4, -0.2) is 19.7 Å². The number of halogens is 1. The van der Waals surface area contributed by atoms with Crippen LogP contribution in [0.1, 0.15) is 22.8 Å². The van der Waals surface area contributed by atoms with Crippen molar-refractivity contribution in [2.75, 3.05) is 0 Å². The van der Waals surface area contributed by atoms with E-state index in [1.54, 1.807) is 13.1 Å². The molecule has 116 valence electrons. The van der Waals surface area contributed by atoms with Gasteiger partial charge in [0.15, 0.2) is 0 Å². The lowest BCUT2D eigenvalue weighted by molar-refractivity contribution is 0.613. The van der Waals surface area contributed by atoms with Gasteiger partial charge in [-0.15, -0.1) is 19.4 Å². The van der Waals surface area contributed by atoms with Gasteiger partial charge in [0, 0.05) is 18.2 Å². The van der Waals surface area contributed by atoms with Crippen LogP contribution in [0.25, 0.3) is 16.8 Å². The maximum atomic E-state index is 13.8. The van der Waals surface area contributed by atoms with Crippen molar-refractivity contribution in [1.29, 1.82) is 0 Å². The van der Waals surface area contributed by atoms with E-state index in [2.05, 4.69) is 41.1 Å². The molecule has 1 unspecified atom stereocenters. The Balaban J connectivity index is 1.94. The van der Waals surface area contributed by atoms with Gasteiger partial charge in [-0.05, 0) is 54.4 Å². The fourth-order valence-electron chi connectivity index (χ4n) is 3.23. The van der Waals surface area contributed by atoms with Gasteiger partial charge >= 0.3 is 0 Å². The summed E-state index contributed by atoms with van der Waals surface area (Å²) in [6.07, 6.45) is 4.75. The summed E-state index contributed by atoms with van der Waals surface area (Å²) in [5.41, 5.74) is 4.81. The van der Waals surface area contributed by atoms with Gasteiger partial charge in [-0.25, -0.2) is 4.39 Å². The largest absolute Gasteiger partial charge is 0.282 e. The van der Waals surface area contributed by atoms with E-state index in [1.807, 2.05) is 6.92 Å². The van der Waals surface area contributed by atoms with Crippen LogP contribution in [0.15, 0.2) is 24.5 Å². The molecule has 3 aromatic rings. The van der Waals surface area contributed by atoms with Gasteiger partial charge in [0.25, 0.3) is 0 Å². The number of benzene rings is 1. The number of fused-ring (bicyclic) bond motifs is 3. The Hall–Kier alpha value is -2.13. The van der Waals surface area contributed by atoms with E-state index in [1.165, 1.54) is 11.8 Å². The van der Waals surface area contributed by atoms with Crippen molar-refractivity contribution in [3.63, 3.8) is 0 Å². The van der Waals surface area contributed by atoms with E-state index in [0.717, 1.165) is 46.6 Å². The molecule has 0 saturated carbocycles. The van der Waals surface area contributed by atoms with Crippen LogP contribution in [0.2, 0.25) is 0 Å². The second kappa shape index (κ2) is 5.20. The second-order valence-corrected chi connectivity index (χ2v) is 6.49. The maximum absolute atomic E-state index is 13.8. The minimum atomic E-state index is -0.275. The van der Waals surface area contributed by atoms with Crippen LogP contribution in [0.4, 0.5) is 4.39 Å². The summed E-state index contributed by atoms with van der Waals surface area (Å²) >= 11 is 0. The number of rotatable bonds is 1. The summed E-state index contributed by atoms with van der Waals surface area (Å²) in [4.78, 5) is 4.00. The predicted octanol–water partition coefficient (Wildman–Crippen LogP) is 2.68. The third-order valence-electron chi connectivity index (χ3n) is 4.42. The van der Waals surface area contributed by atoms with E-state index in [-0.39, 0.29) is 5.82 Å². The molecule has 6 heteroatoms. The van der Waals surface area contributed by atoms with Crippen LogP contribution < -0.4 is 5.30 Å². The highest BCUT2D eigenvalue weighted by molar-refractivity contribution is 7.27. The summed E-state index contributed by atoms with van der Waals surface area (Å²) in [7, 11) is 2.79. The van der Waals surface area contributed by atoms with Crippen molar-refractivity contribution >= 4 is 14.5 Å². The molecule has 0 saturated heterocycles. The molecule has 4 nitrogen and oxygen atoms in total. The molecule has 0 N–H and O–H groups in total. The molecule has 0 spiro atoms. The molecule has 4 rings (SSSR count). The van der Waals surface area contributed by atoms with Crippen molar-refractivity contribution in [1.82, 2.24) is 19.7 Å². The number of hydrogen-bond donors (Lipinski definition) is 0. The Morgan fingerprint density at radius 3 is 2.78 bits per heavy atom. The summed E-state index contributed by atoms with van der Waals surface area (Å²) < 4.78 is 15.9. The highest BCUT2D eigenvalue weighted by Gasteiger charge is 2.22. The monoisotopic (exact) mass is 326 g/mol. The molecule has 1 aromatic carbocycles. The highest BCUT2D eigenvalue weighted by Crippen LogP contribution is 2.31. The minimum Gasteiger partial charge on any atom is -0.282 e. The van der Waals surface area contributed by atoms with Crippen molar-refractivity contribution < 1.29 is 4.39 Å². The van der Waals surface area contributed by atoms with E-state index in [4.69, 9.17) is 0 Å². The fourth-order valence-corrected chi connectivity index (χ4v) is 3.73. The Morgan fingerprint density at radius 2 is 1.96 bits per heavy atom. The van der Waals surface area contributed by atoms with Gasteiger partial charge in [0.05, 0.1) is 11.9 Å². The standard InChI is InChI=1S/C17H16FN4P/c1-9-13(7-19-8-14(9)18)12-5-11-3-4-16-21-20-10(2)22(16)17(11)15(23)6-12/h5-8H,3-4,23H2,1-2H3. The molecule has 3 heterocycles. The average Bonchev–Trinajstić information content (AvgIpc) is 2.91. The van der Waals surface area contributed by atoms with Gasteiger partial charge in [-0.1, -0.05) is 0 Å². The zero-order chi connectivity index (χ0) is 16.1. The van der Waals surface area contributed by atoms with Crippen LogP contribution in [0, 0.1) is 19.7 Å². The average molecular weight is 326 g/mol. The predicted molar refractivity (Wildman–Crippen MR) is 90.8 cm³/mol. The lowest BCUT2D eigenvalue weighted by Gasteiger charge is -2.22. The first kappa shape index (κ1) is 14.5. The minimum absolute atomic E-state index is 0.275. The van der Waals surface area contributed by atoms with Crippen molar-refractivity contribution in [2.45, 2.75) is 26.7 Å². The van der Waals surface area contributed by atoms with Crippen molar-refractivity contribution in [3.8, 4) is 16.8 Å². The summed E-state index contributed by atoms with van der Waals surface area (Å²) in [6, 6.07) is 4.19. The normalized spacial score (nSPS) is 12.9. The lowest BCUT2D eigenvalue weighted by Crippen LogP contribution is -2.19. The van der Waals surface area contributed by atoms with E-state index in [9.17, 15) is 4.39 Å². The first-order valence-electron chi connectivity index (χ1n) is 7.50.